The summed E-state index contributed by atoms with van der Waals surface area (Å²) in [6.45, 7) is 0. The van der Waals surface area contributed by atoms with E-state index in [0.717, 1.165) is 11.6 Å². The molecule has 3 nitrogen and oxygen atoms in total. The molecule has 0 fully saturated rings. The van der Waals surface area contributed by atoms with Gasteiger partial charge in [0.1, 0.15) is 11.6 Å². The zero-order chi connectivity index (χ0) is 15.7. The van der Waals surface area contributed by atoms with Crippen LogP contribution in [0.25, 0.3) is 22.2 Å². The summed E-state index contributed by atoms with van der Waals surface area (Å²) in [5.74, 6) is -2.32. The highest BCUT2D eigenvalue weighted by Crippen LogP contribution is 2.33. The fourth-order valence-electron chi connectivity index (χ4n) is 2.62. The van der Waals surface area contributed by atoms with Crippen molar-refractivity contribution in [1.82, 2.24) is 4.98 Å². The highest BCUT2D eigenvalue weighted by atomic mass is 19.1. The van der Waals surface area contributed by atoms with Crippen LogP contribution in [-0.4, -0.2) is 16.1 Å². The molecule has 0 aliphatic heterocycles. The van der Waals surface area contributed by atoms with Gasteiger partial charge in [0.2, 0.25) is 0 Å². The number of benzene rings is 2. The average molecular weight is 301 g/mol. The standard InChI is InChI=1S/C17H13F2NO2/c18-11-8-13-12(6-7-15(21)22)16(10-4-2-1-3-5-10)20-17(13)14(19)9-11/h1-5,8-9,20H,6-7H2,(H,21,22). The Morgan fingerprint density at radius 1 is 1.14 bits per heavy atom. The molecule has 1 heterocycles. The van der Waals surface area contributed by atoms with E-state index in [9.17, 15) is 13.6 Å². The van der Waals surface area contributed by atoms with Crippen molar-refractivity contribution in [3.8, 4) is 11.3 Å². The van der Waals surface area contributed by atoms with Crippen LogP contribution in [0.4, 0.5) is 8.78 Å². The molecule has 112 valence electrons. The van der Waals surface area contributed by atoms with Gasteiger partial charge in [0.15, 0.2) is 0 Å². The second kappa shape index (κ2) is 5.60. The molecule has 5 heteroatoms. The predicted molar refractivity (Wildman–Crippen MR) is 79.6 cm³/mol. The number of fused-ring (bicyclic) bond motifs is 1. The minimum atomic E-state index is -0.953. The van der Waals surface area contributed by atoms with Crippen LogP contribution in [0, 0.1) is 11.6 Å². The SMILES string of the molecule is O=C(O)CCc1c(-c2ccccc2)[nH]c2c(F)cc(F)cc12. The van der Waals surface area contributed by atoms with Gasteiger partial charge in [-0.15, -0.1) is 0 Å². The van der Waals surface area contributed by atoms with Crippen LogP contribution >= 0.6 is 0 Å². The second-order valence-electron chi connectivity index (χ2n) is 5.05. The Labute approximate surface area is 125 Å². The quantitative estimate of drug-likeness (QED) is 0.761. The molecule has 1 aromatic heterocycles. The van der Waals surface area contributed by atoms with Gasteiger partial charge in [0.25, 0.3) is 0 Å². The molecule has 22 heavy (non-hydrogen) atoms. The molecular weight excluding hydrogens is 288 g/mol. The largest absolute Gasteiger partial charge is 0.481 e. The summed E-state index contributed by atoms with van der Waals surface area (Å²) in [5, 5.41) is 9.28. The van der Waals surface area contributed by atoms with Crippen LogP contribution in [0.2, 0.25) is 0 Å². The summed E-state index contributed by atoms with van der Waals surface area (Å²) in [6.07, 6.45) is 0.0906. The van der Waals surface area contributed by atoms with E-state index in [4.69, 9.17) is 5.11 Å². The molecule has 0 saturated carbocycles. The Hall–Kier alpha value is -2.69. The number of aliphatic carboxylic acids is 1. The zero-order valence-corrected chi connectivity index (χ0v) is 11.6. The third-order valence-corrected chi connectivity index (χ3v) is 3.58. The first-order valence-corrected chi connectivity index (χ1v) is 6.83. The Bertz CT molecular complexity index is 841. The van der Waals surface area contributed by atoms with Crippen molar-refractivity contribution in [3.05, 3.63) is 59.7 Å². The molecule has 3 aromatic rings. The van der Waals surface area contributed by atoms with Crippen LogP contribution in [0.15, 0.2) is 42.5 Å². The number of rotatable bonds is 4. The van der Waals surface area contributed by atoms with E-state index in [1.807, 2.05) is 30.3 Å². The third kappa shape index (κ3) is 2.57. The maximum Gasteiger partial charge on any atom is 0.303 e. The van der Waals surface area contributed by atoms with E-state index in [0.29, 0.717) is 16.6 Å². The normalized spacial score (nSPS) is 11.0. The van der Waals surface area contributed by atoms with Gasteiger partial charge < -0.3 is 10.1 Å². The summed E-state index contributed by atoms with van der Waals surface area (Å²) >= 11 is 0. The van der Waals surface area contributed by atoms with Gasteiger partial charge in [0.05, 0.1) is 5.52 Å². The molecule has 0 aliphatic rings. The number of aryl methyl sites for hydroxylation is 1. The first-order valence-electron chi connectivity index (χ1n) is 6.83. The number of carbonyl (C=O) groups is 1. The molecule has 0 amide bonds. The van der Waals surface area contributed by atoms with Crippen molar-refractivity contribution in [3.63, 3.8) is 0 Å². The fourth-order valence-corrected chi connectivity index (χ4v) is 2.62. The lowest BCUT2D eigenvalue weighted by Gasteiger charge is -2.04. The van der Waals surface area contributed by atoms with E-state index in [-0.39, 0.29) is 18.4 Å². The van der Waals surface area contributed by atoms with E-state index in [2.05, 4.69) is 4.98 Å². The first-order chi connectivity index (χ1) is 10.6. The monoisotopic (exact) mass is 301 g/mol. The molecule has 3 rings (SSSR count). The fraction of sp³-hybridized carbons (Fsp3) is 0.118. The van der Waals surface area contributed by atoms with Crippen LogP contribution in [0.1, 0.15) is 12.0 Å². The lowest BCUT2D eigenvalue weighted by Crippen LogP contribution is -1.98. The molecule has 2 aromatic carbocycles. The topological polar surface area (TPSA) is 53.1 Å². The number of carboxylic acid groups (broad SMARTS) is 1. The number of halogens is 2. The summed E-state index contributed by atoms with van der Waals surface area (Å²) in [6, 6.07) is 11.2. The number of hydrogen-bond donors (Lipinski definition) is 2. The molecule has 0 saturated heterocycles. The van der Waals surface area contributed by atoms with Crippen LogP contribution in [0.3, 0.4) is 0 Å². The Kier molecular flexibility index (Phi) is 3.63. The maximum atomic E-state index is 14.0. The van der Waals surface area contributed by atoms with Gasteiger partial charge in [-0.25, -0.2) is 8.78 Å². The van der Waals surface area contributed by atoms with Crippen LogP contribution in [0.5, 0.6) is 0 Å². The van der Waals surface area contributed by atoms with E-state index >= 15 is 0 Å². The number of nitrogens with one attached hydrogen (secondary N) is 1. The van der Waals surface area contributed by atoms with Gasteiger partial charge in [-0.3, -0.25) is 4.79 Å². The van der Waals surface area contributed by atoms with Gasteiger partial charge in [0, 0.05) is 23.6 Å². The second-order valence-corrected chi connectivity index (χ2v) is 5.05. The summed E-state index contributed by atoms with van der Waals surface area (Å²) in [7, 11) is 0. The molecule has 0 aliphatic carbocycles. The van der Waals surface area contributed by atoms with Gasteiger partial charge in [-0.1, -0.05) is 30.3 Å². The number of H-pyrrole nitrogens is 1. The summed E-state index contributed by atoms with van der Waals surface area (Å²) < 4.78 is 27.5. The van der Waals surface area contributed by atoms with Gasteiger partial charge in [-0.2, -0.15) is 0 Å². The van der Waals surface area contributed by atoms with Crippen molar-refractivity contribution in [2.75, 3.05) is 0 Å². The summed E-state index contributed by atoms with van der Waals surface area (Å²) in [4.78, 5) is 13.8. The van der Waals surface area contributed by atoms with Crippen LogP contribution in [-0.2, 0) is 11.2 Å². The Balaban J connectivity index is 2.23. The minimum absolute atomic E-state index is 0.106. The molecule has 0 unspecified atom stereocenters. The molecule has 0 radical (unpaired) electrons. The first kappa shape index (κ1) is 14.3. The van der Waals surface area contributed by atoms with Crippen molar-refractivity contribution in [2.45, 2.75) is 12.8 Å². The lowest BCUT2D eigenvalue weighted by molar-refractivity contribution is -0.136. The third-order valence-electron chi connectivity index (χ3n) is 3.58. The Morgan fingerprint density at radius 3 is 2.55 bits per heavy atom. The minimum Gasteiger partial charge on any atom is -0.481 e. The zero-order valence-electron chi connectivity index (χ0n) is 11.6. The maximum absolute atomic E-state index is 14.0. The van der Waals surface area contributed by atoms with Gasteiger partial charge in [-0.05, 0) is 23.6 Å². The highest BCUT2D eigenvalue weighted by Gasteiger charge is 2.17. The van der Waals surface area contributed by atoms with Crippen molar-refractivity contribution in [2.24, 2.45) is 0 Å². The molecule has 2 N–H and O–H groups in total. The molecular formula is C17H13F2NO2. The van der Waals surface area contributed by atoms with E-state index in [1.165, 1.54) is 6.07 Å². The van der Waals surface area contributed by atoms with Crippen molar-refractivity contribution in [1.29, 1.82) is 0 Å². The van der Waals surface area contributed by atoms with E-state index < -0.39 is 17.6 Å². The number of hydrogen-bond acceptors (Lipinski definition) is 1. The molecule has 0 bridgehead atoms. The number of carboxylic acids is 1. The van der Waals surface area contributed by atoms with E-state index in [1.54, 1.807) is 0 Å². The summed E-state index contributed by atoms with van der Waals surface area (Å²) in [5.41, 5.74) is 2.24. The highest BCUT2D eigenvalue weighted by molar-refractivity contribution is 5.91. The molecule has 0 atom stereocenters. The van der Waals surface area contributed by atoms with Crippen molar-refractivity contribution >= 4 is 16.9 Å². The lowest BCUT2D eigenvalue weighted by atomic mass is 10.0. The average Bonchev–Trinajstić information content (AvgIpc) is 2.85. The number of aromatic amines is 1. The Morgan fingerprint density at radius 2 is 1.86 bits per heavy atom. The van der Waals surface area contributed by atoms with Crippen molar-refractivity contribution < 1.29 is 18.7 Å². The van der Waals surface area contributed by atoms with Crippen LogP contribution < -0.4 is 0 Å². The van der Waals surface area contributed by atoms with Gasteiger partial charge >= 0.3 is 5.97 Å². The smallest absolute Gasteiger partial charge is 0.303 e. The predicted octanol–water partition coefficient (Wildman–Crippen LogP) is 4.13. The number of aromatic nitrogens is 1. The molecule has 0 spiro atoms.